The normalized spacial score (nSPS) is 16.0. The number of carbonyl (C=O) groups is 1. The summed E-state index contributed by atoms with van der Waals surface area (Å²) < 4.78 is 71.0. The lowest BCUT2D eigenvalue weighted by molar-refractivity contribution is 0.0600. The molecule has 0 aliphatic carbocycles. The number of benzene rings is 2. The van der Waals surface area contributed by atoms with Crippen LogP contribution in [-0.2, 0) is 24.8 Å². The Labute approximate surface area is 162 Å². The molecule has 2 aromatic carbocycles. The van der Waals surface area contributed by atoms with Crippen molar-refractivity contribution in [1.29, 1.82) is 0 Å². The van der Waals surface area contributed by atoms with Crippen LogP contribution in [0, 0.1) is 5.82 Å². The molecule has 1 fully saturated rings. The van der Waals surface area contributed by atoms with Gasteiger partial charge < -0.3 is 4.74 Å². The molecule has 1 aliphatic heterocycles. The Morgan fingerprint density at radius 2 is 1.86 bits per heavy atom. The van der Waals surface area contributed by atoms with Crippen LogP contribution in [0.15, 0.2) is 47.4 Å². The second kappa shape index (κ2) is 7.40. The zero-order valence-electron chi connectivity index (χ0n) is 14.8. The number of rotatable bonds is 5. The fourth-order valence-electron chi connectivity index (χ4n) is 2.79. The van der Waals surface area contributed by atoms with Crippen LogP contribution >= 0.6 is 0 Å². The van der Waals surface area contributed by atoms with Crippen LogP contribution in [-0.4, -0.2) is 42.2 Å². The zero-order valence-corrected chi connectivity index (χ0v) is 16.4. The summed E-state index contributed by atoms with van der Waals surface area (Å²) >= 11 is 0. The third-order valence-corrected chi connectivity index (χ3v) is 7.41. The summed E-state index contributed by atoms with van der Waals surface area (Å²) in [6, 6.07) is 8.54. The maximum atomic E-state index is 14.0. The molecule has 0 unspecified atom stereocenters. The lowest BCUT2D eigenvalue weighted by Crippen LogP contribution is -2.25. The average molecular weight is 428 g/mol. The van der Waals surface area contributed by atoms with Crippen LogP contribution in [0.3, 0.4) is 0 Å². The highest BCUT2D eigenvalue weighted by Crippen LogP contribution is 2.27. The van der Waals surface area contributed by atoms with Gasteiger partial charge in [0.1, 0.15) is 10.7 Å². The first-order chi connectivity index (χ1) is 13.1. The largest absolute Gasteiger partial charge is 0.465 e. The molecule has 3 rings (SSSR count). The Bertz CT molecular complexity index is 1110. The molecule has 150 valence electrons. The minimum atomic E-state index is -4.33. The summed E-state index contributed by atoms with van der Waals surface area (Å²) in [7, 11) is -6.55. The molecule has 0 spiro atoms. The van der Waals surface area contributed by atoms with Crippen molar-refractivity contribution in [2.24, 2.45) is 0 Å². The molecule has 28 heavy (non-hydrogen) atoms. The van der Waals surface area contributed by atoms with Crippen molar-refractivity contribution in [3.8, 4) is 0 Å². The predicted octanol–water partition coefficient (Wildman–Crippen LogP) is 1.95. The van der Waals surface area contributed by atoms with E-state index in [-0.39, 0.29) is 17.0 Å². The summed E-state index contributed by atoms with van der Waals surface area (Å²) in [5.74, 6) is -1.76. The number of halogens is 1. The number of sulfonamides is 2. The fraction of sp³-hybridized carbons (Fsp3) is 0.235. The van der Waals surface area contributed by atoms with Gasteiger partial charge in [-0.3, -0.25) is 9.03 Å². The predicted molar refractivity (Wildman–Crippen MR) is 101 cm³/mol. The van der Waals surface area contributed by atoms with Crippen LogP contribution in [0.4, 0.5) is 15.8 Å². The number of hydrogen-bond acceptors (Lipinski definition) is 6. The molecular weight excluding hydrogens is 411 g/mol. The number of nitrogens with one attached hydrogen (secondary N) is 1. The van der Waals surface area contributed by atoms with Gasteiger partial charge in [-0.1, -0.05) is 0 Å². The van der Waals surface area contributed by atoms with Crippen molar-refractivity contribution in [3.63, 3.8) is 0 Å². The summed E-state index contributed by atoms with van der Waals surface area (Å²) in [5.41, 5.74) is 0.418. The first-order valence-electron chi connectivity index (χ1n) is 8.15. The molecule has 1 heterocycles. The molecule has 0 amide bonds. The number of esters is 1. The molecule has 1 aliphatic rings. The van der Waals surface area contributed by atoms with Gasteiger partial charge in [0, 0.05) is 12.2 Å². The number of ether oxygens (including phenoxy) is 1. The van der Waals surface area contributed by atoms with E-state index in [2.05, 4.69) is 9.46 Å². The van der Waals surface area contributed by atoms with Gasteiger partial charge in [0.05, 0.1) is 24.1 Å². The van der Waals surface area contributed by atoms with E-state index in [1.54, 1.807) is 0 Å². The van der Waals surface area contributed by atoms with Crippen LogP contribution < -0.4 is 9.03 Å². The third-order valence-electron chi connectivity index (χ3n) is 4.15. The van der Waals surface area contributed by atoms with Gasteiger partial charge in [0.2, 0.25) is 10.0 Å². The Morgan fingerprint density at radius 3 is 2.43 bits per heavy atom. The van der Waals surface area contributed by atoms with Crippen LogP contribution in [0.25, 0.3) is 0 Å². The van der Waals surface area contributed by atoms with E-state index < -0.39 is 36.7 Å². The first-order valence-corrected chi connectivity index (χ1v) is 11.2. The van der Waals surface area contributed by atoms with Gasteiger partial charge in [-0.15, -0.1) is 0 Å². The van der Waals surface area contributed by atoms with E-state index in [0.717, 1.165) is 25.3 Å². The van der Waals surface area contributed by atoms with E-state index in [1.165, 1.54) is 28.6 Å². The lowest BCUT2D eigenvalue weighted by Gasteiger charge is -2.17. The third kappa shape index (κ3) is 3.94. The SMILES string of the molecule is COC(=O)c1ccc(F)c(S(=O)(=O)Nc2ccc(N3CCCS3(=O)=O)cc2)c1. The molecule has 0 aromatic heterocycles. The molecule has 2 aromatic rings. The van der Waals surface area contributed by atoms with E-state index in [1.807, 2.05) is 0 Å². The van der Waals surface area contributed by atoms with E-state index in [4.69, 9.17) is 0 Å². The number of methoxy groups -OCH3 is 1. The quantitative estimate of drug-likeness (QED) is 0.729. The van der Waals surface area contributed by atoms with Crippen LogP contribution in [0.5, 0.6) is 0 Å². The van der Waals surface area contributed by atoms with Gasteiger partial charge >= 0.3 is 5.97 Å². The van der Waals surface area contributed by atoms with Gasteiger partial charge in [-0.05, 0) is 48.9 Å². The van der Waals surface area contributed by atoms with E-state index >= 15 is 0 Å². The maximum Gasteiger partial charge on any atom is 0.337 e. The fourth-order valence-corrected chi connectivity index (χ4v) is 5.52. The van der Waals surface area contributed by atoms with Gasteiger partial charge in [0.25, 0.3) is 10.0 Å². The average Bonchev–Trinajstić information content (AvgIpc) is 3.00. The summed E-state index contributed by atoms with van der Waals surface area (Å²) in [6.45, 7) is 0.360. The van der Waals surface area contributed by atoms with Crippen molar-refractivity contribution < 1.29 is 30.8 Å². The molecule has 0 atom stereocenters. The Morgan fingerprint density at radius 1 is 1.18 bits per heavy atom. The summed E-state index contributed by atoms with van der Waals surface area (Å²) in [5, 5.41) is 0. The minimum absolute atomic E-state index is 0.0667. The summed E-state index contributed by atoms with van der Waals surface area (Å²) in [4.78, 5) is 10.9. The molecule has 1 N–H and O–H groups in total. The molecule has 0 radical (unpaired) electrons. The highest BCUT2D eigenvalue weighted by molar-refractivity contribution is 7.93. The summed E-state index contributed by atoms with van der Waals surface area (Å²) in [6.07, 6.45) is 0.520. The van der Waals surface area contributed by atoms with Crippen molar-refractivity contribution in [2.45, 2.75) is 11.3 Å². The maximum absolute atomic E-state index is 14.0. The van der Waals surface area contributed by atoms with Gasteiger partial charge in [0.15, 0.2) is 0 Å². The van der Waals surface area contributed by atoms with Crippen molar-refractivity contribution >= 4 is 37.4 Å². The smallest absolute Gasteiger partial charge is 0.337 e. The van der Waals surface area contributed by atoms with Crippen LogP contribution in [0.1, 0.15) is 16.8 Å². The number of hydrogen-bond donors (Lipinski definition) is 1. The van der Waals surface area contributed by atoms with Crippen molar-refractivity contribution in [1.82, 2.24) is 0 Å². The van der Waals surface area contributed by atoms with Crippen molar-refractivity contribution in [3.05, 3.63) is 53.8 Å². The molecule has 1 saturated heterocycles. The standard InChI is InChI=1S/C17H17FN2O6S2/c1-26-17(21)12-3-8-15(18)16(11-12)28(24,25)19-13-4-6-14(7-5-13)20-9-2-10-27(20,22)23/h3-8,11,19H,2,9-10H2,1H3. The first kappa shape index (κ1) is 20.1. The lowest BCUT2D eigenvalue weighted by atomic mass is 10.2. The van der Waals surface area contributed by atoms with E-state index in [9.17, 15) is 26.0 Å². The zero-order chi connectivity index (χ0) is 20.5. The van der Waals surface area contributed by atoms with Gasteiger partial charge in [-0.2, -0.15) is 0 Å². The topological polar surface area (TPSA) is 110 Å². The number of anilines is 2. The molecular formula is C17H17FN2O6S2. The minimum Gasteiger partial charge on any atom is -0.465 e. The Kier molecular flexibility index (Phi) is 5.31. The second-order valence-corrected chi connectivity index (χ2v) is 9.69. The molecule has 11 heteroatoms. The highest BCUT2D eigenvalue weighted by Gasteiger charge is 2.28. The Hall–Kier alpha value is -2.66. The second-order valence-electron chi connectivity index (χ2n) is 6.03. The van der Waals surface area contributed by atoms with E-state index in [0.29, 0.717) is 18.7 Å². The Balaban J connectivity index is 1.86. The van der Waals surface area contributed by atoms with Gasteiger partial charge in [-0.25, -0.2) is 26.0 Å². The van der Waals surface area contributed by atoms with Crippen molar-refractivity contribution in [2.75, 3.05) is 28.4 Å². The number of nitrogens with zero attached hydrogens (tertiary/aromatic N) is 1. The molecule has 0 bridgehead atoms. The molecule has 8 nitrogen and oxygen atoms in total. The molecule has 0 saturated carbocycles. The number of carbonyl (C=O) groups excluding carboxylic acids is 1. The van der Waals surface area contributed by atoms with Crippen LogP contribution in [0.2, 0.25) is 0 Å². The monoisotopic (exact) mass is 428 g/mol. The highest BCUT2D eigenvalue weighted by atomic mass is 32.2.